The molecule has 0 N–H and O–H groups in total. The topological polar surface area (TPSA) is 80.3 Å². The minimum absolute atomic E-state index is 0. The molecule has 0 aromatic carbocycles. The third-order valence-electron chi connectivity index (χ3n) is 12.0. The zero-order valence-corrected chi connectivity index (χ0v) is 40.3. The molecule has 0 heterocycles. The summed E-state index contributed by atoms with van der Waals surface area (Å²) in [5.74, 6) is -1.80. The molecule has 0 aliphatic heterocycles. The Morgan fingerprint density at radius 3 is 0.439 bits per heavy atom. The van der Waals surface area contributed by atoms with Crippen LogP contribution in [0.25, 0.3) is 0 Å². The molecule has 0 aliphatic rings. The van der Waals surface area contributed by atoms with Gasteiger partial charge >= 0.3 is 17.4 Å². The number of aliphatic carboxylic acids is 2. The van der Waals surface area contributed by atoms with Crippen molar-refractivity contribution in [3.8, 4) is 0 Å². The van der Waals surface area contributed by atoms with Crippen molar-refractivity contribution < 1.29 is 19.8 Å². The van der Waals surface area contributed by atoms with Gasteiger partial charge in [0, 0.05) is 11.9 Å². The van der Waals surface area contributed by atoms with E-state index in [-0.39, 0.29) is 30.2 Å². The Balaban J connectivity index is -0.00000101. The van der Waals surface area contributed by atoms with Gasteiger partial charge in [-0.05, 0) is 25.7 Å². The van der Waals surface area contributed by atoms with Gasteiger partial charge in [-0.25, -0.2) is 0 Å². The second kappa shape index (κ2) is 57.6. The number of carbonyl (C=O) groups is 2. The first-order valence-electron chi connectivity index (χ1n) is 25.9. The Hall–Kier alpha value is -0.528. The Labute approximate surface area is 369 Å². The van der Waals surface area contributed by atoms with E-state index in [1.165, 1.54) is 270 Å². The molecule has 0 bridgehead atoms. The van der Waals surface area contributed by atoms with Crippen molar-refractivity contribution in [1.29, 1.82) is 0 Å². The third kappa shape index (κ3) is 64.8. The molecule has 1 radical (unpaired) electrons. The van der Waals surface area contributed by atoms with E-state index in [0.29, 0.717) is 0 Å². The first-order chi connectivity index (χ1) is 27.5. The van der Waals surface area contributed by atoms with Crippen LogP contribution in [0, 0.1) is 0 Å². The molecule has 4 nitrogen and oxygen atoms in total. The number of rotatable bonds is 48. The Morgan fingerprint density at radius 2 is 0.333 bits per heavy atom. The van der Waals surface area contributed by atoms with Crippen LogP contribution < -0.4 is 10.2 Å². The number of hydrogen-bond acceptors (Lipinski definition) is 4. The smallest absolute Gasteiger partial charge is 0.550 e. The van der Waals surface area contributed by atoms with Crippen molar-refractivity contribution in [2.75, 3.05) is 0 Å². The summed E-state index contributed by atoms with van der Waals surface area (Å²) in [7, 11) is 0. The average Bonchev–Trinajstić information content (AvgIpc) is 3.18. The maximum Gasteiger partial charge on any atom is 2.00 e. The number of carbonyl (C=O) groups excluding carboxylic acids is 2. The van der Waals surface area contributed by atoms with E-state index in [2.05, 4.69) is 13.8 Å². The van der Waals surface area contributed by atoms with E-state index in [9.17, 15) is 19.8 Å². The maximum atomic E-state index is 10.3. The molecule has 0 unspecified atom stereocenters. The molecule has 0 aliphatic carbocycles. The monoisotopic (exact) mass is 818 g/mol. The van der Waals surface area contributed by atoms with Gasteiger partial charge in [0.1, 0.15) is 0 Å². The van der Waals surface area contributed by atoms with Gasteiger partial charge in [-0.3, -0.25) is 0 Å². The molecule has 0 fully saturated rings. The largest absolute Gasteiger partial charge is 2.00 e. The van der Waals surface area contributed by atoms with Crippen LogP contribution >= 0.6 is 0 Å². The molecule has 0 aromatic heterocycles. The number of carboxylic acid groups (broad SMARTS) is 2. The van der Waals surface area contributed by atoms with Crippen LogP contribution in [0.15, 0.2) is 0 Å². The number of carboxylic acids is 2. The fourth-order valence-corrected chi connectivity index (χ4v) is 8.11. The summed E-state index contributed by atoms with van der Waals surface area (Å²) < 4.78 is 0. The summed E-state index contributed by atoms with van der Waals surface area (Å²) in [5.41, 5.74) is 0. The maximum absolute atomic E-state index is 10.3. The fourth-order valence-electron chi connectivity index (χ4n) is 8.11. The Morgan fingerprint density at radius 1 is 0.228 bits per heavy atom. The minimum Gasteiger partial charge on any atom is -0.550 e. The molecule has 0 saturated carbocycles. The standard InChI is InChI=1S/2C26H52O2.Al/c2*1-2-3-4-5-6-7-8-9-10-11-12-13-14-15-16-17-18-19-20-21-22-23-24-25-26(27)28;/h2*2-25H2,1H3,(H,27,28);/q;;+2/p-2. The van der Waals surface area contributed by atoms with Gasteiger partial charge in [-0.1, -0.05) is 296 Å². The summed E-state index contributed by atoms with van der Waals surface area (Å²) in [4.78, 5) is 20.6. The predicted octanol–water partition coefficient (Wildman–Crippen LogP) is 15.9. The van der Waals surface area contributed by atoms with Crippen molar-refractivity contribution in [2.24, 2.45) is 0 Å². The second-order valence-electron chi connectivity index (χ2n) is 17.8. The van der Waals surface area contributed by atoms with Gasteiger partial charge in [0.05, 0.1) is 0 Å². The SMILES string of the molecule is CCCCCCCCCCCCCCCCCCCCCCCCCC(=O)[O-].CCCCCCCCCCCCCCCCCCCCCCCCCC(=O)[O-].[Al+2]. The van der Waals surface area contributed by atoms with Gasteiger partial charge in [0.15, 0.2) is 0 Å². The van der Waals surface area contributed by atoms with E-state index < -0.39 is 11.9 Å². The summed E-state index contributed by atoms with van der Waals surface area (Å²) >= 11 is 0. The van der Waals surface area contributed by atoms with E-state index in [0.717, 1.165) is 25.7 Å². The first-order valence-corrected chi connectivity index (χ1v) is 25.9. The van der Waals surface area contributed by atoms with Crippen molar-refractivity contribution in [3.63, 3.8) is 0 Å². The molecule has 0 aromatic rings. The van der Waals surface area contributed by atoms with Crippen LogP contribution in [0.4, 0.5) is 0 Å². The molecule has 57 heavy (non-hydrogen) atoms. The third-order valence-corrected chi connectivity index (χ3v) is 12.0. The molecule has 0 atom stereocenters. The van der Waals surface area contributed by atoms with Crippen LogP contribution in [-0.2, 0) is 9.59 Å². The molecule has 0 saturated heterocycles. The van der Waals surface area contributed by atoms with Crippen LogP contribution in [-0.4, -0.2) is 29.3 Å². The van der Waals surface area contributed by atoms with E-state index in [1.54, 1.807) is 0 Å². The van der Waals surface area contributed by atoms with Gasteiger partial charge < -0.3 is 19.8 Å². The fraction of sp³-hybridized carbons (Fsp3) is 0.962. The predicted molar refractivity (Wildman–Crippen MR) is 249 cm³/mol. The summed E-state index contributed by atoms with van der Waals surface area (Å²) in [6, 6.07) is 0. The summed E-state index contributed by atoms with van der Waals surface area (Å²) in [6.07, 6.45) is 63.3. The molecule has 337 valence electrons. The Bertz CT molecular complexity index is 669. The average molecular weight is 818 g/mol. The number of unbranched alkanes of at least 4 members (excludes halogenated alkanes) is 44. The van der Waals surface area contributed by atoms with Crippen LogP contribution in [0.5, 0.6) is 0 Å². The van der Waals surface area contributed by atoms with Crippen molar-refractivity contribution in [1.82, 2.24) is 0 Å². The van der Waals surface area contributed by atoms with E-state index in [4.69, 9.17) is 0 Å². The normalized spacial score (nSPS) is 11.0. The van der Waals surface area contributed by atoms with Crippen molar-refractivity contribution in [2.45, 2.75) is 322 Å². The molecular formula is C52H102AlO4. The first kappa shape index (κ1) is 60.8. The minimum atomic E-state index is -0.900. The summed E-state index contributed by atoms with van der Waals surface area (Å²) in [5, 5.41) is 20.6. The second-order valence-corrected chi connectivity index (χ2v) is 17.8. The molecular weight excluding hydrogens is 716 g/mol. The zero-order chi connectivity index (χ0) is 41.1. The van der Waals surface area contributed by atoms with Crippen LogP contribution in [0.1, 0.15) is 322 Å². The number of hydrogen-bond donors (Lipinski definition) is 0. The van der Waals surface area contributed by atoms with Gasteiger partial charge in [0.2, 0.25) is 0 Å². The van der Waals surface area contributed by atoms with Crippen LogP contribution in [0.3, 0.4) is 0 Å². The van der Waals surface area contributed by atoms with Crippen molar-refractivity contribution >= 4 is 29.3 Å². The van der Waals surface area contributed by atoms with Gasteiger partial charge in [-0.2, -0.15) is 0 Å². The van der Waals surface area contributed by atoms with E-state index >= 15 is 0 Å². The molecule has 0 amide bonds. The van der Waals surface area contributed by atoms with Gasteiger partial charge in [-0.15, -0.1) is 0 Å². The molecule has 0 spiro atoms. The quantitative estimate of drug-likeness (QED) is 0.0452. The van der Waals surface area contributed by atoms with Crippen molar-refractivity contribution in [3.05, 3.63) is 0 Å². The van der Waals surface area contributed by atoms with Crippen LogP contribution in [0.2, 0.25) is 0 Å². The molecule has 5 heteroatoms. The molecule has 0 rings (SSSR count). The van der Waals surface area contributed by atoms with Gasteiger partial charge in [0.25, 0.3) is 0 Å². The zero-order valence-electron chi connectivity index (χ0n) is 39.2. The Kier molecular flexibility index (Phi) is 61.4. The summed E-state index contributed by atoms with van der Waals surface area (Å²) in [6.45, 7) is 4.58. The van der Waals surface area contributed by atoms with E-state index in [1.807, 2.05) is 0 Å².